The van der Waals surface area contributed by atoms with Crippen LogP contribution in [0.1, 0.15) is 18.9 Å². The predicted molar refractivity (Wildman–Crippen MR) is 49.0 cm³/mol. The first-order valence-electron chi connectivity index (χ1n) is 3.59. The van der Waals surface area contributed by atoms with Gasteiger partial charge in [-0.1, -0.05) is 37.3 Å². The molecule has 2 heteroatoms. The van der Waals surface area contributed by atoms with Crippen molar-refractivity contribution in [3.05, 3.63) is 35.9 Å². The molecule has 0 heterocycles. The maximum absolute atomic E-state index is 10.5. The Hall–Kier alpha value is -0.890. The zero-order chi connectivity index (χ0) is 8.10. The van der Waals surface area contributed by atoms with Gasteiger partial charge in [-0.3, -0.25) is 0 Å². The van der Waals surface area contributed by atoms with Crippen molar-refractivity contribution in [1.29, 1.82) is 0 Å². The van der Waals surface area contributed by atoms with Crippen LogP contribution in [0.25, 0.3) is 0 Å². The second-order valence-corrected chi connectivity index (χ2v) is 2.89. The molecule has 0 N–H and O–H groups in total. The Morgan fingerprint density at radius 1 is 1.36 bits per heavy atom. The van der Waals surface area contributed by atoms with Gasteiger partial charge < -0.3 is 0 Å². The van der Waals surface area contributed by atoms with E-state index >= 15 is 0 Å². The maximum atomic E-state index is 10.5. The highest BCUT2D eigenvalue weighted by Gasteiger charge is 1.96. The number of hydrogen-bond acceptors (Lipinski definition) is 1. The zero-order valence-electron chi connectivity index (χ0n) is 6.41. The second kappa shape index (κ2) is 4.09. The van der Waals surface area contributed by atoms with Crippen molar-refractivity contribution in [3.63, 3.8) is 0 Å². The Labute approximate surface area is 70.1 Å². The first-order chi connectivity index (χ1) is 5.38. The fourth-order valence-electron chi connectivity index (χ4n) is 0.935. The standard InChI is InChI=1S/C9H10OS/c1-2-9(11-10)8-6-4-3-5-7-8/h3-7H,2H2,1H3. The van der Waals surface area contributed by atoms with E-state index in [1.165, 1.54) is 0 Å². The molecule has 1 rings (SSSR count). The highest BCUT2D eigenvalue weighted by molar-refractivity contribution is 7.67. The van der Waals surface area contributed by atoms with Gasteiger partial charge in [-0.15, -0.1) is 0 Å². The molecule has 1 aromatic rings. The summed E-state index contributed by atoms with van der Waals surface area (Å²) < 4.78 is 10.5. The molecule has 0 amide bonds. The lowest BCUT2D eigenvalue weighted by Gasteiger charge is -1.96. The minimum atomic E-state index is 0.590. The van der Waals surface area contributed by atoms with E-state index in [1.54, 1.807) is 0 Å². The van der Waals surface area contributed by atoms with Gasteiger partial charge in [0.25, 0.3) is 0 Å². The van der Waals surface area contributed by atoms with E-state index in [2.05, 4.69) is 0 Å². The molecule has 58 valence electrons. The average molecular weight is 166 g/mol. The van der Waals surface area contributed by atoms with Gasteiger partial charge in [0.1, 0.15) is 0 Å². The van der Waals surface area contributed by atoms with Gasteiger partial charge in [0.2, 0.25) is 0 Å². The van der Waals surface area contributed by atoms with Crippen LogP contribution >= 0.6 is 0 Å². The molecular formula is C9H10OS. The van der Waals surface area contributed by atoms with E-state index in [0.29, 0.717) is 11.3 Å². The van der Waals surface area contributed by atoms with Crippen LogP contribution in [0.5, 0.6) is 0 Å². The Balaban J connectivity index is 3.02. The van der Waals surface area contributed by atoms with Crippen LogP contribution in [0.4, 0.5) is 0 Å². The summed E-state index contributed by atoms with van der Waals surface area (Å²) in [4.78, 5) is 0.908. The van der Waals surface area contributed by atoms with Gasteiger partial charge in [-0.25, -0.2) is 4.21 Å². The van der Waals surface area contributed by atoms with E-state index in [4.69, 9.17) is 0 Å². The van der Waals surface area contributed by atoms with Gasteiger partial charge in [0.05, 0.1) is 16.1 Å². The number of hydrogen-bond donors (Lipinski definition) is 0. The Kier molecular flexibility index (Phi) is 3.05. The van der Waals surface area contributed by atoms with Crippen LogP contribution < -0.4 is 0 Å². The smallest absolute Gasteiger partial charge is 0.0926 e. The lowest BCUT2D eigenvalue weighted by Crippen LogP contribution is -1.96. The molecule has 0 atom stereocenters. The third kappa shape index (κ3) is 2.02. The van der Waals surface area contributed by atoms with Crippen molar-refractivity contribution in [2.75, 3.05) is 0 Å². The summed E-state index contributed by atoms with van der Waals surface area (Å²) >= 11 is 0.590. The van der Waals surface area contributed by atoms with E-state index in [-0.39, 0.29) is 0 Å². The first-order valence-corrected chi connectivity index (χ1v) is 4.33. The molecule has 0 aliphatic heterocycles. The summed E-state index contributed by atoms with van der Waals surface area (Å²) in [6.07, 6.45) is 0.818. The largest absolute Gasteiger partial charge is 0.212 e. The third-order valence-corrected chi connectivity index (χ3v) is 2.24. The highest BCUT2D eigenvalue weighted by atomic mass is 32.1. The number of rotatable bonds is 2. The topological polar surface area (TPSA) is 17.1 Å². The molecule has 0 aromatic heterocycles. The Morgan fingerprint density at radius 2 is 2.00 bits per heavy atom. The average Bonchev–Trinajstić information content (AvgIpc) is 2.09. The summed E-state index contributed by atoms with van der Waals surface area (Å²) in [7, 11) is 0. The van der Waals surface area contributed by atoms with Crippen molar-refractivity contribution >= 4 is 16.1 Å². The second-order valence-electron chi connectivity index (χ2n) is 2.23. The van der Waals surface area contributed by atoms with Crippen molar-refractivity contribution in [2.24, 2.45) is 0 Å². The third-order valence-electron chi connectivity index (χ3n) is 1.52. The van der Waals surface area contributed by atoms with Crippen LogP contribution in [0.15, 0.2) is 30.3 Å². The quantitative estimate of drug-likeness (QED) is 0.484. The van der Waals surface area contributed by atoms with Gasteiger partial charge in [0, 0.05) is 0 Å². The van der Waals surface area contributed by atoms with Gasteiger partial charge in [0.15, 0.2) is 0 Å². The minimum absolute atomic E-state index is 0.590. The summed E-state index contributed by atoms with van der Waals surface area (Å²) in [5, 5.41) is 0. The molecule has 0 fully saturated rings. The van der Waals surface area contributed by atoms with Crippen molar-refractivity contribution in [2.45, 2.75) is 13.3 Å². The van der Waals surface area contributed by atoms with Crippen LogP contribution in [-0.2, 0) is 11.3 Å². The summed E-state index contributed by atoms with van der Waals surface area (Å²) in [6.45, 7) is 1.99. The van der Waals surface area contributed by atoms with E-state index in [1.807, 2.05) is 37.3 Å². The van der Waals surface area contributed by atoms with Crippen molar-refractivity contribution in [3.8, 4) is 0 Å². The number of benzene rings is 1. The van der Waals surface area contributed by atoms with E-state index in [9.17, 15) is 4.21 Å². The fourth-order valence-corrected chi connectivity index (χ4v) is 1.29. The molecule has 0 unspecified atom stereocenters. The molecule has 0 saturated carbocycles. The van der Waals surface area contributed by atoms with Crippen molar-refractivity contribution < 1.29 is 4.21 Å². The lowest BCUT2D eigenvalue weighted by atomic mass is 10.1. The zero-order valence-corrected chi connectivity index (χ0v) is 7.23. The van der Waals surface area contributed by atoms with E-state index in [0.717, 1.165) is 16.8 Å². The fraction of sp³-hybridized carbons (Fsp3) is 0.222. The van der Waals surface area contributed by atoms with Gasteiger partial charge in [-0.05, 0) is 12.0 Å². The molecule has 11 heavy (non-hydrogen) atoms. The molecular weight excluding hydrogens is 156 g/mol. The molecule has 1 nitrogen and oxygen atoms in total. The summed E-state index contributed by atoms with van der Waals surface area (Å²) in [5.74, 6) is 0. The van der Waals surface area contributed by atoms with Crippen LogP contribution in [0, 0.1) is 0 Å². The van der Waals surface area contributed by atoms with Gasteiger partial charge in [-0.2, -0.15) is 0 Å². The Bertz CT molecular complexity index is 273. The maximum Gasteiger partial charge on any atom is 0.0926 e. The first kappa shape index (κ1) is 8.21. The Morgan fingerprint density at radius 3 is 2.45 bits per heavy atom. The summed E-state index contributed by atoms with van der Waals surface area (Å²) in [6, 6.07) is 9.77. The van der Waals surface area contributed by atoms with Crippen LogP contribution in [-0.4, -0.2) is 9.07 Å². The monoisotopic (exact) mass is 166 g/mol. The van der Waals surface area contributed by atoms with Crippen LogP contribution in [0.2, 0.25) is 0 Å². The normalized spacial score (nSPS) is 9.18. The molecule has 0 bridgehead atoms. The minimum Gasteiger partial charge on any atom is -0.212 e. The molecule has 0 aliphatic carbocycles. The van der Waals surface area contributed by atoms with Gasteiger partial charge >= 0.3 is 0 Å². The molecule has 0 saturated heterocycles. The van der Waals surface area contributed by atoms with Crippen LogP contribution in [0.3, 0.4) is 0 Å². The van der Waals surface area contributed by atoms with Crippen molar-refractivity contribution in [1.82, 2.24) is 0 Å². The molecule has 1 aromatic carbocycles. The molecule has 0 spiro atoms. The predicted octanol–water partition coefficient (Wildman–Crippen LogP) is 1.83. The lowest BCUT2D eigenvalue weighted by molar-refractivity contribution is 0.701. The highest BCUT2D eigenvalue weighted by Crippen LogP contribution is 2.01. The SMILES string of the molecule is CCC(=S=O)c1ccccc1. The summed E-state index contributed by atoms with van der Waals surface area (Å²) in [5.41, 5.74) is 1.05. The molecule has 0 radical (unpaired) electrons. The van der Waals surface area contributed by atoms with E-state index < -0.39 is 0 Å². The molecule has 0 aliphatic rings.